The van der Waals surface area contributed by atoms with E-state index >= 15 is 0 Å². The highest BCUT2D eigenvalue weighted by Gasteiger charge is 2.21. The number of aliphatic hydroxyl groups excluding tert-OH is 1. The topological polar surface area (TPSA) is 32.3 Å². The molecule has 3 heteroatoms. The van der Waals surface area contributed by atoms with Crippen molar-refractivity contribution in [3.63, 3.8) is 0 Å². The second kappa shape index (κ2) is 5.84. The molecule has 72 valence electrons. The molecule has 0 aromatic carbocycles. The summed E-state index contributed by atoms with van der Waals surface area (Å²) in [5.74, 6) is 1.27. The maximum atomic E-state index is 8.89. The summed E-state index contributed by atoms with van der Waals surface area (Å²) in [5.41, 5.74) is 0. The Kier molecular flexibility index (Phi) is 5.04. The molecule has 2 nitrogen and oxygen atoms in total. The molecule has 1 saturated heterocycles. The van der Waals surface area contributed by atoms with Crippen LogP contribution >= 0.6 is 11.8 Å². The van der Waals surface area contributed by atoms with E-state index in [9.17, 15) is 0 Å². The SMILES string of the molecule is CSCCCC1CCC(CO)N1. The second-order valence-corrected chi connectivity index (χ2v) is 4.44. The van der Waals surface area contributed by atoms with Gasteiger partial charge in [0.2, 0.25) is 0 Å². The third kappa shape index (κ3) is 3.33. The van der Waals surface area contributed by atoms with Gasteiger partial charge in [-0.2, -0.15) is 11.8 Å². The summed E-state index contributed by atoms with van der Waals surface area (Å²) in [5, 5.41) is 12.3. The first-order valence-electron chi connectivity index (χ1n) is 4.72. The molecule has 2 atom stereocenters. The molecular formula is C9H19NOS. The van der Waals surface area contributed by atoms with Gasteiger partial charge >= 0.3 is 0 Å². The van der Waals surface area contributed by atoms with Crippen molar-refractivity contribution < 1.29 is 5.11 Å². The van der Waals surface area contributed by atoms with Crippen LogP contribution < -0.4 is 5.32 Å². The van der Waals surface area contributed by atoms with Crippen LogP contribution in [-0.2, 0) is 0 Å². The minimum atomic E-state index is 0.305. The molecule has 0 bridgehead atoms. The summed E-state index contributed by atoms with van der Waals surface area (Å²) >= 11 is 1.91. The van der Waals surface area contributed by atoms with E-state index in [0.717, 1.165) is 6.42 Å². The summed E-state index contributed by atoms with van der Waals surface area (Å²) in [6.07, 6.45) is 7.13. The molecule has 1 fully saturated rings. The zero-order chi connectivity index (χ0) is 8.81. The van der Waals surface area contributed by atoms with Crippen molar-refractivity contribution in [1.82, 2.24) is 5.32 Å². The largest absolute Gasteiger partial charge is 0.395 e. The lowest BCUT2D eigenvalue weighted by molar-refractivity contribution is 0.251. The zero-order valence-electron chi connectivity index (χ0n) is 7.75. The molecule has 2 N–H and O–H groups in total. The first kappa shape index (κ1) is 10.4. The second-order valence-electron chi connectivity index (χ2n) is 3.46. The van der Waals surface area contributed by atoms with Crippen molar-refractivity contribution in [1.29, 1.82) is 0 Å². The Morgan fingerprint density at radius 1 is 1.42 bits per heavy atom. The van der Waals surface area contributed by atoms with E-state index in [1.165, 1.54) is 25.0 Å². The molecule has 2 unspecified atom stereocenters. The molecular weight excluding hydrogens is 170 g/mol. The van der Waals surface area contributed by atoms with Crippen molar-refractivity contribution in [3.05, 3.63) is 0 Å². The van der Waals surface area contributed by atoms with Crippen LogP contribution in [0, 0.1) is 0 Å². The fourth-order valence-electron chi connectivity index (χ4n) is 1.75. The van der Waals surface area contributed by atoms with Crippen LogP contribution in [0.5, 0.6) is 0 Å². The van der Waals surface area contributed by atoms with Crippen molar-refractivity contribution in [2.45, 2.75) is 37.8 Å². The van der Waals surface area contributed by atoms with Gasteiger partial charge in [0, 0.05) is 12.1 Å². The van der Waals surface area contributed by atoms with Crippen molar-refractivity contribution in [3.8, 4) is 0 Å². The molecule has 0 radical (unpaired) electrons. The highest BCUT2D eigenvalue weighted by molar-refractivity contribution is 7.98. The molecule has 1 aliphatic rings. The standard InChI is InChI=1S/C9H19NOS/c1-12-6-2-3-8-4-5-9(7-11)10-8/h8-11H,2-7H2,1H3. The van der Waals surface area contributed by atoms with Crippen LogP contribution in [0.3, 0.4) is 0 Å². The first-order valence-corrected chi connectivity index (χ1v) is 6.12. The molecule has 0 amide bonds. The van der Waals surface area contributed by atoms with Crippen LogP contribution in [-0.4, -0.2) is 35.8 Å². The van der Waals surface area contributed by atoms with Gasteiger partial charge in [0.1, 0.15) is 0 Å². The number of thioether (sulfide) groups is 1. The molecule has 0 aromatic heterocycles. The van der Waals surface area contributed by atoms with Crippen molar-refractivity contribution in [2.75, 3.05) is 18.6 Å². The van der Waals surface area contributed by atoms with Gasteiger partial charge in [-0.05, 0) is 37.7 Å². The average Bonchev–Trinajstić information content (AvgIpc) is 2.53. The van der Waals surface area contributed by atoms with Gasteiger partial charge in [-0.1, -0.05) is 0 Å². The van der Waals surface area contributed by atoms with E-state index in [1.807, 2.05) is 11.8 Å². The molecule has 1 heterocycles. The third-order valence-corrected chi connectivity index (χ3v) is 3.15. The lowest BCUT2D eigenvalue weighted by Gasteiger charge is -2.11. The van der Waals surface area contributed by atoms with Gasteiger partial charge in [-0.15, -0.1) is 0 Å². The summed E-state index contributed by atoms with van der Waals surface area (Å²) in [7, 11) is 0. The first-order chi connectivity index (χ1) is 5.86. The fourth-order valence-corrected chi connectivity index (χ4v) is 2.20. The molecule has 12 heavy (non-hydrogen) atoms. The van der Waals surface area contributed by atoms with E-state index in [0.29, 0.717) is 18.7 Å². The van der Waals surface area contributed by atoms with E-state index in [1.54, 1.807) is 0 Å². The quantitative estimate of drug-likeness (QED) is 0.638. The molecule has 0 aliphatic carbocycles. The van der Waals surface area contributed by atoms with E-state index < -0.39 is 0 Å². The highest BCUT2D eigenvalue weighted by atomic mass is 32.2. The normalized spacial score (nSPS) is 29.5. The average molecular weight is 189 g/mol. The van der Waals surface area contributed by atoms with Gasteiger partial charge in [-0.3, -0.25) is 0 Å². The minimum Gasteiger partial charge on any atom is -0.395 e. The van der Waals surface area contributed by atoms with E-state index in [4.69, 9.17) is 5.11 Å². The van der Waals surface area contributed by atoms with E-state index in [2.05, 4.69) is 11.6 Å². The number of aliphatic hydroxyl groups is 1. The number of hydrogen-bond acceptors (Lipinski definition) is 3. The highest BCUT2D eigenvalue weighted by Crippen LogP contribution is 2.16. The zero-order valence-corrected chi connectivity index (χ0v) is 8.57. The molecule has 0 saturated carbocycles. The lowest BCUT2D eigenvalue weighted by Crippen LogP contribution is -2.31. The molecule has 0 spiro atoms. The summed E-state index contributed by atoms with van der Waals surface area (Å²) in [4.78, 5) is 0. The molecule has 0 aromatic rings. The Morgan fingerprint density at radius 2 is 2.17 bits per heavy atom. The molecule has 1 rings (SSSR count). The van der Waals surface area contributed by atoms with Crippen molar-refractivity contribution >= 4 is 11.8 Å². The third-order valence-electron chi connectivity index (χ3n) is 2.46. The maximum absolute atomic E-state index is 8.89. The predicted octanol–water partition coefficient (Wildman–Crippen LogP) is 1.24. The van der Waals surface area contributed by atoms with Crippen LogP contribution in [0.4, 0.5) is 0 Å². The lowest BCUT2D eigenvalue weighted by atomic mass is 10.1. The minimum absolute atomic E-state index is 0.305. The fraction of sp³-hybridized carbons (Fsp3) is 1.00. The smallest absolute Gasteiger partial charge is 0.0584 e. The van der Waals surface area contributed by atoms with Gasteiger partial charge in [0.05, 0.1) is 6.61 Å². The van der Waals surface area contributed by atoms with Crippen LogP contribution in [0.1, 0.15) is 25.7 Å². The van der Waals surface area contributed by atoms with Crippen LogP contribution in [0.15, 0.2) is 0 Å². The Morgan fingerprint density at radius 3 is 2.75 bits per heavy atom. The number of rotatable bonds is 5. The summed E-state index contributed by atoms with van der Waals surface area (Å²) in [6.45, 7) is 0.305. The Balaban J connectivity index is 2.03. The number of hydrogen-bond donors (Lipinski definition) is 2. The summed E-state index contributed by atoms with van der Waals surface area (Å²) in [6, 6.07) is 1.05. The van der Waals surface area contributed by atoms with Crippen molar-refractivity contribution in [2.24, 2.45) is 0 Å². The Labute approximate surface area is 79.1 Å². The van der Waals surface area contributed by atoms with Crippen LogP contribution in [0.2, 0.25) is 0 Å². The van der Waals surface area contributed by atoms with Gasteiger partial charge in [0.15, 0.2) is 0 Å². The Bertz CT molecular complexity index is 121. The number of nitrogens with one attached hydrogen (secondary N) is 1. The molecule has 1 aliphatic heterocycles. The van der Waals surface area contributed by atoms with Crippen LogP contribution in [0.25, 0.3) is 0 Å². The predicted molar refractivity (Wildman–Crippen MR) is 54.6 cm³/mol. The van der Waals surface area contributed by atoms with Gasteiger partial charge < -0.3 is 10.4 Å². The Hall–Kier alpha value is 0.270. The van der Waals surface area contributed by atoms with E-state index in [-0.39, 0.29) is 0 Å². The van der Waals surface area contributed by atoms with Gasteiger partial charge in [-0.25, -0.2) is 0 Å². The monoisotopic (exact) mass is 189 g/mol. The van der Waals surface area contributed by atoms with Gasteiger partial charge in [0.25, 0.3) is 0 Å². The summed E-state index contributed by atoms with van der Waals surface area (Å²) < 4.78 is 0. The maximum Gasteiger partial charge on any atom is 0.0584 e.